The summed E-state index contributed by atoms with van der Waals surface area (Å²) in [5.41, 5.74) is 23.5. The maximum absolute atomic E-state index is 6.05. The van der Waals surface area contributed by atoms with Crippen LogP contribution in [0.3, 0.4) is 0 Å². The molecule has 7 heteroatoms. The van der Waals surface area contributed by atoms with Gasteiger partial charge >= 0.3 is 0 Å². The average molecular weight is 364 g/mol. The van der Waals surface area contributed by atoms with Crippen LogP contribution >= 0.6 is 12.2 Å². The zero-order chi connectivity index (χ0) is 18.8. The molecule has 0 aliphatic heterocycles. The Morgan fingerprint density at radius 1 is 1.08 bits per heavy atom. The first kappa shape index (κ1) is 17.6. The Labute approximate surface area is 157 Å². The third kappa shape index (κ3) is 3.29. The van der Waals surface area contributed by atoms with Crippen molar-refractivity contribution in [2.75, 3.05) is 5.73 Å². The average Bonchev–Trinajstić information content (AvgIpc) is 2.93. The van der Waals surface area contributed by atoms with Gasteiger partial charge in [0, 0.05) is 34.4 Å². The Morgan fingerprint density at radius 3 is 2.42 bits per heavy atom. The van der Waals surface area contributed by atoms with E-state index < -0.39 is 0 Å². The van der Waals surface area contributed by atoms with Crippen molar-refractivity contribution in [3.63, 3.8) is 0 Å². The lowest BCUT2D eigenvalue weighted by atomic mass is 10.0. The van der Waals surface area contributed by atoms with Gasteiger partial charge in [-0.1, -0.05) is 6.07 Å². The second kappa shape index (κ2) is 6.97. The zero-order valence-corrected chi connectivity index (χ0v) is 15.4. The largest absolute Gasteiger partial charge is 0.398 e. The minimum Gasteiger partial charge on any atom is -0.398 e. The number of aliphatic imine (C=N–C) groups is 1. The minimum absolute atomic E-state index is 0.0376. The van der Waals surface area contributed by atoms with Crippen LogP contribution < -0.4 is 17.2 Å². The molecule has 0 spiro atoms. The van der Waals surface area contributed by atoms with E-state index in [1.165, 1.54) is 0 Å². The van der Waals surface area contributed by atoms with Crippen LogP contribution in [0.2, 0.25) is 0 Å². The first-order valence-electron chi connectivity index (χ1n) is 8.02. The number of thiocarbonyl (C=S) groups is 1. The molecule has 3 rings (SSSR count). The number of pyridine rings is 1. The Kier molecular flexibility index (Phi) is 4.73. The van der Waals surface area contributed by atoms with Crippen molar-refractivity contribution in [1.29, 1.82) is 0 Å². The Balaban J connectivity index is 2.19. The van der Waals surface area contributed by atoms with Crippen LogP contribution in [0.4, 0.5) is 5.69 Å². The number of amidine groups is 1. The molecule has 0 amide bonds. The van der Waals surface area contributed by atoms with E-state index in [0.29, 0.717) is 11.3 Å². The van der Waals surface area contributed by atoms with Crippen molar-refractivity contribution in [1.82, 2.24) is 9.55 Å². The van der Waals surface area contributed by atoms with Gasteiger partial charge in [0.1, 0.15) is 5.84 Å². The fourth-order valence-electron chi connectivity index (χ4n) is 2.95. The molecule has 2 aromatic heterocycles. The monoisotopic (exact) mass is 364 g/mol. The zero-order valence-electron chi connectivity index (χ0n) is 14.6. The molecule has 0 aliphatic carbocycles. The standard InChI is InChI=1S/C19H20N6S/c1-11-5-6-12(2)25(11)16-4-3-9-23-17(16)13-7-8-15(20)14(10-13)18(21)24-19(22)26/h3-10H,20H2,1-2H3,(H4,21,22,24,26). The molecule has 1 aromatic carbocycles. The van der Waals surface area contributed by atoms with Gasteiger partial charge in [-0.2, -0.15) is 0 Å². The number of rotatable bonds is 3. The smallest absolute Gasteiger partial charge is 0.192 e. The fourth-order valence-corrected chi connectivity index (χ4v) is 3.05. The van der Waals surface area contributed by atoms with Crippen molar-refractivity contribution in [2.45, 2.75) is 13.8 Å². The summed E-state index contributed by atoms with van der Waals surface area (Å²) >= 11 is 4.80. The summed E-state index contributed by atoms with van der Waals surface area (Å²) < 4.78 is 2.16. The van der Waals surface area contributed by atoms with Crippen LogP contribution in [0.25, 0.3) is 16.9 Å². The molecule has 0 fully saturated rings. The van der Waals surface area contributed by atoms with Gasteiger partial charge in [0.05, 0.1) is 11.4 Å². The Hall–Kier alpha value is -3.19. The summed E-state index contributed by atoms with van der Waals surface area (Å²) in [7, 11) is 0. The summed E-state index contributed by atoms with van der Waals surface area (Å²) in [5.74, 6) is 0.183. The summed E-state index contributed by atoms with van der Waals surface area (Å²) in [6, 6.07) is 13.6. The number of benzene rings is 1. The number of aryl methyl sites for hydroxylation is 2. The molecular formula is C19H20N6S. The molecule has 132 valence electrons. The molecule has 2 heterocycles. The van der Waals surface area contributed by atoms with Gasteiger partial charge in [0.15, 0.2) is 5.11 Å². The lowest BCUT2D eigenvalue weighted by Gasteiger charge is -2.15. The molecule has 0 radical (unpaired) electrons. The van der Waals surface area contributed by atoms with E-state index in [1.807, 2.05) is 24.3 Å². The van der Waals surface area contributed by atoms with Crippen molar-refractivity contribution < 1.29 is 0 Å². The van der Waals surface area contributed by atoms with Crippen molar-refractivity contribution in [3.8, 4) is 16.9 Å². The van der Waals surface area contributed by atoms with Crippen LogP contribution in [0.15, 0.2) is 53.7 Å². The lowest BCUT2D eigenvalue weighted by Crippen LogP contribution is -2.19. The molecule has 26 heavy (non-hydrogen) atoms. The third-order valence-corrected chi connectivity index (χ3v) is 4.22. The lowest BCUT2D eigenvalue weighted by molar-refractivity contribution is 0.959. The predicted molar refractivity (Wildman–Crippen MR) is 110 cm³/mol. The number of nitrogens with zero attached hydrogens (tertiary/aromatic N) is 3. The van der Waals surface area contributed by atoms with Gasteiger partial charge in [-0.05, 0) is 62.5 Å². The Morgan fingerprint density at radius 2 is 1.77 bits per heavy atom. The maximum atomic E-state index is 6.05. The highest BCUT2D eigenvalue weighted by Gasteiger charge is 2.14. The molecule has 0 saturated heterocycles. The van der Waals surface area contributed by atoms with Gasteiger partial charge in [-0.15, -0.1) is 0 Å². The topological polar surface area (TPSA) is 108 Å². The van der Waals surface area contributed by atoms with Crippen LogP contribution in [0, 0.1) is 13.8 Å². The SMILES string of the molecule is Cc1ccc(C)n1-c1cccnc1-c1ccc(N)c(/C(N)=N/C(N)=S)c1. The summed E-state index contributed by atoms with van der Waals surface area (Å²) in [5, 5.41) is -0.0376. The van der Waals surface area contributed by atoms with E-state index in [-0.39, 0.29) is 10.9 Å². The maximum Gasteiger partial charge on any atom is 0.192 e. The first-order chi connectivity index (χ1) is 12.4. The summed E-state index contributed by atoms with van der Waals surface area (Å²) in [6.45, 7) is 4.12. The van der Waals surface area contributed by atoms with Gasteiger partial charge in [-0.25, -0.2) is 4.99 Å². The molecule has 6 nitrogen and oxygen atoms in total. The summed E-state index contributed by atoms with van der Waals surface area (Å²) in [6.07, 6.45) is 1.76. The highest BCUT2D eigenvalue weighted by atomic mass is 32.1. The molecule has 0 unspecified atom stereocenters. The number of anilines is 1. The normalized spacial score (nSPS) is 11.5. The molecule has 0 saturated carbocycles. The Bertz CT molecular complexity index is 999. The van der Waals surface area contributed by atoms with E-state index in [2.05, 4.69) is 40.5 Å². The quantitative estimate of drug-likeness (QED) is 0.287. The number of aromatic nitrogens is 2. The number of hydrogen-bond acceptors (Lipinski definition) is 3. The van der Waals surface area contributed by atoms with Gasteiger partial charge in [0.25, 0.3) is 0 Å². The number of nitrogen functional groups attached to an aromatic ring is 1. The third-order valence-electron chi connectivity index (χ3n) is 4.13. The van der Waals surface area contributed by atoms with E-state index in [4.69, 9.17) is 29.4 Å². The molecule has 0 bridgehead atoms. The van der Waals surface area contributed by atoms with Crippen LogP contribution in [-0.2, 0) is 0 Å². The van der Waals surface area contributed by atoms with E-state index in [9.17, 15) is 0 Å². The van der Waals surface area contributed by atoms with Gasteiger partial charge < -0.3 is 21.8 Å². The fraction of sp³-hybridized carbons (Fsp3) is 0.105. The number of hydrogen-bond donors (Lipinski definition) is 3. The van der Waals surface area contributed by atoms with E-state index >= 15 is 0 Å². The highest BCUT2D eigenvalue weighted by Crippen LogP contribution is 2.29. The van der Waals surface area contributed by atoms with Gasteiger partial charge in [0.2, 0.25) is 0 Å². The first-order valence-corrected chi connectivity index (χ1v) is 8.43. The van der Waals surface area contributed by atoms with Crippen LogP contribution in [0.1, 0.15) is 17.0 Å². The van der Waals surface area contributed by atoms with E-state index in [0.717, 1.165) is 28.3 Å². The van der Waals surface area contributed by atoms with Crippen molar-refractivity contribution in [3.05, 3.63) is 65.6 Å². The second-order valence-electron chi connectivity index (χ2n) is 5.96. The van der Waals surface area contributed by atoms with Crippen LogP contribution in [0.5, 0.6) is 0 Å². The van der Waals surface area contributed by atoms with Gasteiger partial charge in [-0.3, -0.25) is 4.98 Å². The van der Waals surface area contributed by atoms with E-state index in [1.54, 1.807) is 12.3 Å². The predicted octanol–water partition coefficient (Wildman–Crippen LogP) is 2.69. The highest BCUT2D eigenvalue weighted by molar-refractivity contribution is 7.80. The molecule has 0 aliphatic rings. The molecule has 3 aromatic rings. The van der Waals surface area contributed by atoms with Crippen molar-refractivity contribution in [2.24, 2.45) is 16.5 Å². The van der Waals surface area contributed by atoms with Crippen molar-refractivity contribution >= 4 is 28.9 Å². The summed E-state index contributed by atoms with van der Waals surface area (Å²) in [4.78, 5) is 8.53. The number of nitrogens with two attached hydrogens (primary N) is 3. The minimum atomic E-state index is -0.0376. The molecule has 6 N–H and O–H groups in total. The van der Waals surface area contributed by atoms with Crippen LogP contribution in [-0.4, -0.2) is 20.5 Å². The second-order valence-corrected chi connectivity index (χ2v) is 6.38. The molecule has 0 atom stereocenters. The molecular weight excluding hydrogens is 344 g/mol.